The molecule has 1 N–H and O–H groups in total. The average Bonchev–Trinajstić information content (AvgIpc) is 2.38. The number of hydrogen-bond acceptors (Lipinski definition) is 5. The Labute approximate surface area is 111 Å². The normalized spacial score (nSPS) is 12.6. The lowest BCUT2D eigenvalue weighted by Crippen LogP contribution is -2.33. The number of nitrogens with one attached hydrogen (secondary N) is 1. The molecule has 8 heteroatoms. The Morgan fingerprint density at radius 3 is 2.42 bits per heavy atom. The van der Waals surface area contributed by atoms with E-state index < -0.39 is 21.0 Å². The van der Waals surface area contributed by atoms with Crippen LogP contribution in [-0.4, -0.2) is 19.4 Å². The number of hydrogen-bond donors (Lipinski definition) is 1. The number of benzene rings is 1. The van der Waals surface area contributed by atoms with Crippen LogP contribution in [0.2, 0.25) is 0 Å². The highest BCUT2D eigenvalue weighted by Crippen LogP contribution is 2.16. The molecule has 1 atom stereocenters. The quantitative estimate of drug-likeness (QED) is 0.628. The third kappa shape index (κ3) is 4.01. The smallest absolute Gasteiger partial charge is 0.258 e. The Hall–Kier alpha value is -1.98. The summed E-state index contributed by atoms with van der Waals surface area (Å²) >= 11 is 0. The summed E-state index contributed by atoms with van der Waals surface area (Å²) in [5.41, 5.74) is -0.190. The molecule has 0 saturated heterocycles. The van der Waals surface area contributed by atoms with Crippen LogP contribution in [0.3, 0.4) is 0 Å². The fourth-order valence-electron chi connectivity index (χ4n) is 1.44. The van der Waals surface area contributed by atoms with E-state index in [-0.39, 0.29) is 10.6 Å². The summed E-state index contributed by atoms with van der Waals surface area (Å²) in [6.45, 7) is 1.84. The molecule has 1 aromatic carbocycles. The van der Waals surface area contributed by atoms with E-state index in [0.717, 1.165) is 24.3 Å². The number of nitro groups is 1. The van der Waals surface area contributed by atoms with Gasteiger partial charge in [-0.1, -0.05) is 13.3 Å². The van der Waals surface area contributed by atoms with Crippen molar-refractivity contribution in [2.24, 2.45) is 0 Å². The predicted molar refractivity (Wildman–Crippen MR) is 67.7 cm³/mol. The summed E-state index contributed by atoms with van der Waals surface area (Å²) in [5, 5.41) is 19.3. The molecule has 1 rings (SSSR count). The van der Waals surface area contributed by atoms with Crippen molar-refractivity contribution in [3.05, 3.63) is 34.4 Å². The second-order valence-corrected chi connectivity index (χ2v) is 5.56. The van der Waals surface area contributed by atoms with Crippen molar-refractivity contribution in [1.29, 1.82) is 5.26 Å². The van der Waals surface area contributed by atoms with E-state index in [2.05, 4.69) is 4.72 Å². The molecule has 0 radical (unpaired) electrons. The minimum Gasteiger partial charge on any atom is -0.258 e. The molecule has 0 aliphatic carbocycles. The van der Waals surface area contributed by atoms with Gasteiger partial charge in [0.1, 0.15) is 6.04 Å². The molecule has 102 valence electrons. The first-order valence-electron chi connectivity index (χ1n) is 5.57. The monoisotopic (exact) mass is 283 g/mol. The molecule has 0 amide bonds. The van der Waals surface area contributed by atoms with E-state index in [4.69, 9.17) is 5.26 Å². The highest BCUT2D eigenvalue weighted by Gasteiger charge is 2.20. The van der Waals surface area contributed by atoms with Crippen LogP contribution >= 0.6 is 0 Å². The van der Waals surface area contributed by atoms with Crippen LogP contribution in [0.4, 0.5) is 5.69 Å². The van der Waals surface area contributed by atoms with E-state index in [9.17, 15) is 18.5 Å². The highest BCUT2D eigenvalue weighted by molar-refractivity contribution is 7.89. The lowest BCUT2D eigenvalue weighted by molar-refractivity contribution is -0.384. The van der Waals surface area contributed by atoms with Crippen LogP contribution in [0.1, 0.15) is 19.8 Å². The van der Waals surface area contributed by atoms with Gasteiger partial charge in [-0.2, -0.15) is 9.98 Å². The maximum absolute atomic E-state index is 11.9. The van der Waals surface area contributed by atoms with Crippen LogP contribution in [0.5, 0.6) is 0 Å². The Bertz CT molecular complexity index is 589. The number of nitro benzene ring substituents is 1. The summed E-state index contributed by atoms with van der Waals surface area (Å²) in [6.07, 6.45) is 1.07. The van der Waals surface area contributed by atoms with Gasteiger partial charge in [-0.15, -0.1) is 0 Å². The number of rotatable bonds is 6. The molecule has 1 aromatic rings. The molecule has 1 unspecified atom stereocenters. The molecule has 19 heavy (non-hydrogen) atoms. The fourth-order valence-corrected chi connectivity index (χ4v) is 2.62. The van der Waals surface area contributed by atoms with Gasteiger partial charge in [-0.3, -0.25) is 10.1 Å². The third-order valence-electron chi connectivity index (χ3n) is 2.39. The van der Waals surface area contributed by atoms with Crippen LogP contribution in [0, 0.1) is 21.4 Å². The third-order valence-corrected chi connectivity index (χ3v) is 3.88. The van der Waals surface area contributed by atoms with Crippen molar-refractivity contribution < 1.29 is 13.3 Å². The van der Waals surface area contributed by atoms with Crippen molar-refractivity contribution in [3.63, 3.8) is 0 Å². The Kier molecular flexibility index (Phi) is 4.97. The maximum Gasteiger partial charge on any atom is 0.269 e. The summed E-state index contributed by atoms with van der Waals surface area (Å²) in [7, 11) is -3.83. The summed E-state index contributed by atoms with van der Waals surface area (Å²) in [5.74, 6) is 0. The zero-order valence-electron chi connectivity index (χ0n) is 10.2. The van der Waals surface area contributed by atoms with Gasteiger partial charge in [-0.25, -0.2) is 8.42 Å². The van der Waals surface area contributed by atoms with Crippen molar-refractivity contribution in [2.75, 3.05) is 0 Å². The number of sulfonamides is 1. The molecular formula is C11H13N3O4S. The fraction of sp³-hybridized carbons (Fsp3) is 0.364. The topological polar surface area (TPSA) is 113 Å². The zero-order valence-corrected chi connectivity index (χ0v) is 11.1. The van der Waals surface area contributed by atoms with Gasteiger partial charge in [0.15, 0.2) is 0 Å². The molecule has 7 nitrogen and oxygen atoms in total. The average molecular weight is 283 g/mol. The predicted octanol–water partition coefficient (Wildman–Crippen LogP) is 1.57. The first kappa shape index (κ1) is 15.1. The molecule has 0 fully saturated rings. The van der Waals surface area contributed by atoms with Gasteiger partial charge >= 0.3 is 0 Å². The molecule has 0 bridgehead atoms. The van der Waals surface area contributed by atoms with Gasteiger partial charge in [0.25, 0.3) is 5.69 Å². The van der Waals surface area contributed by atoms with Crippen molar-refractivity contribution >= 4 is 15.7 Å². The minimum absolute atomic E-state index is 0.102. The summed E-state index contributed by atoms with van der Waals surface area (Å²) < 4.78 is 26.1. The van der Waals surface area contributed by atoms with Crippen molar-refractivity contribution in [2.45, 2.75) is 30.7 Å². The minimum atomic E-state index is -3.83. The molecule has 0 heterocycles. The molecule has 0 saturated carbocycles. The first-order chi connectivity index (χ1) is 8.90. The number of non-ortho nitro benzene ring substituents is 1. The lowest BCUT2D eigenvalue weighted by Gasteiger charge is -2.10. The van der Waals surface area contributed by atoms with Gasteiger partial charge < -0.3 is 0 Å². The number of nitriles is 1. The molecule has 0 aliphatic rings. The van der Waals surface area contributed by atoms with E-state index >= 15 is 0 Å². The van der Waals surface area contributed by atoms with Gasteiger partial charge in [0, 0.05) is 12.1 Å². The second-order valence-electron chi connectivity index (χ2n) is 3.84. The van der Waals surface area contributed by atoms with Crippen LogP contribution in [-0.2, 0) is 10.0 Å². The molecule has 0 spiro atoms. The van der Waals surface area contributed by atoms with Crippen molar-refractivity contribution in [3.8, 4) is 6.07 Å². The zero-order chi connectivity index (χ0) is 14.5. The number of nitrogens with zero attached hydrogens (tertiary/aromatic N) is 2. The summed E-state index contributed by atoms with van der Waals surface area (Å²) in [4.78, 5) is 9.75. The first-order valence-corrected chi connectivity index (χ1v) is 7.05. The van der Waals surface area contributed by atoms with E-state index in [0.29, 0.717) is 12.8 Å². The molecule has 0 aromatic heterocycles. The van der Waals surface area contributed by atoms with E-state index in [1.54, 1.807) is 0 Å². The molecular weight excluding hydrogens is 270 g/mol. The maximum atomic E-state index is 11.9. The highest BCUT2D eigenvalue weighted by atomic mass is 32.2. The van der Waals surface area contributed by atoms with Crippen LogP contribution < -0.4 is 4.72 Å². The SMILES string of the molecule is CCCC(C#N)NS(=O)(=O)c1ccc([N+](=O)[O-])cc1. The standard InChI is InChI=1S/C11H13N3O4S/c1-2-3-9(8-12)13-19(17,18)11-6-4-10(5-7-11)14(15)16/h4-7,9,13H,2-3H2,1H3. The lowest BCUT2D eigenvalue weighted by atomic mass is 10.2. The largest absolute Gasteiger partial charge is 0.269 e. The molecule has 0 aliphatic heterocycles. The Morgan fingerprint density at radius 1 is 1.42 bits per heavy atom. The summed E-state index contributed by atoms with van der Waals surface area (Å²) in [6, 6.07) is 5.55. The van der Waals surface area contributed by atoms with E-state index in [1.807, 2.05) is 13.0 Å². The van der Waals surface area contributed by atoms with Gasteiger partial charge in [0.2, 0.25) is 10.0 Å². The Balaban J connectivity index is 2.94. The van der Waals surface area contributed by atoms with Gasteiger partial charge in [0.05, 0.1) is 15.9 Å². The van der Waals surface area contributed by atoms with Crippen LogP contribution in [0.25, 0.3) is 0 Å². The Morgan fingerprint density at radius 2 is 2.00 bits per heavy atom. The van der Waals surface area contributed by atoms with Crippen molar-refractivity contribution in [1.82, 2.24) is 4.72 Å². The van der Waals surface area contributed by atoms with E-state index in [1.165, 1.54) is 0 Å². The van der Waals surface area contributed by atoms with Gasteiger partial charge in [-0.05, 0) is 18.6 Å². The van der Waals surface area contributed by atoms with Crippen LogP contribution in [0.15, 0.2) is 29.2 Å². The second kappa shape index (κ2) is 6.26.